The molecule has 0 N–H and O–H groups in total. The number of halogens is 1. The van der Waals surface area contributed by atoms with Crippen LogP contribution in [0.2, 0.25) is 0 Å². The molecular weight excluding hydrogens is 397 g/mol. The van der Waals surface area contributed by atoms with Crippen molar-refractivity contribution in [3.8, 4) is 22.4 Å². The van der Waals surface area contributed by atoms with E-state index in [1.807, 2.05) is 48.1 Å². The molecule has 0 aliphatic rings. The minimum absolute atomic E-state index is 0.214. The molecule has 2 heterocycles. The fourth-order valence-corrected chi connectivity index (χ4v) is 4.38. The highest BCUT2D eigenvalue weighted by Gasteiger charge is 2.21. The largest absolute Gasteiger partial charge is 0.455 e. The van der Waals surface area contributed by atoms with Gasteiger partial charge >= 0.3 is 0 Å². The number of hydrogen-bond donors (Lipinski definition) is 0. The molecule has 0 aliphatic carbocycles. The van der Waals surface area contributed by atoms with Gasteiger partial charge in [0.2, 0.25) is 5.69 Å². The van der Waals surface area contributed by atoms with Gasteiger partial charge in [-0.2, -0.15) is 0 Å². The fourth-order valence-electron chi connectivity index (χ4n) is 4.38. The second-order valence-corrected chi connectivity index (χ2v) is 8.41. The van der Waals surface area contributed by atoms with Crippen LogP contribution in [0.5, 0.6) is 0 Å². The molecule has 5 aromatic rings. The van der Waals surface area contributed by atoms with E-state index in [4.69, 9.17) is 9.90 Å². The van der Waals surface area contributed by atoms with Crippen LogP contribution in [0.3, 0.4) is 0 Å². The Labute approximate surface area is 193 Å². The number of furan rings is 1. The van der Waals surface area contributed by atoms with Crippen LogP contribution in [0, 0.1) is 18.6 Å². The molecule has 5 rings (SSSR count). The van der Waals surface area contributed by atoms with Crippen molar-refractivity contribution in [2.45, 2.75) is 27.1 Å². The number of pyridine rings is 1. The van der Waals surface area contributed by atoms with E-state index in [-0.39, 0.29) is 12.0 Å². The van der Waals surface area contributed by atoms with Crippen LogP contribution in [0.15, 0.2) is 77.3 Å². The summed E-state index contributed by atoms with van der Waals surface area (Å²) in [6.45, 7) is 0.851. The average molecular weight is 429 g/mol. The van der Waals surface area contributed by atoms with Crippen LogP contribution in [0.1, 0.15) is 30.4 Å². The smallest absolute Gasteiger partial charge is 0.216 e. The summed E-state index contributed by atoms with van der Waals surface area (Å²) in [6.07, 6.45) is 1.74. The third kappa shape index (κ3) is 3.48. The third-order valence-electron chi connectivity index (χ3n) is 6.00. The first-order chi connectivity index (χ1) is 17.0. The molecule has 0 saturated carbocycles. The van der Waals surface area contributed by atoms with Crippen molar-refractivity contribution < 1.29 is 18.9 Å². The number of aromatic nitrogens is 1. The van der Waals surface area contributed by atoms with E-state index in [2.05, 4.69) is 25.1 Å². The molecule has 0 saturated heterocycles. The highest BCUT2D eigenvalue weighted by Crippen LogP contribution is 2.37. The highest BCUT2D eigenvalue weighted by molar-refractivity contribution is 6.09. The van der Waals surface area contributed by atoms with Gasteiger partial charge in [0, 0.05) is 28.4 Å². The lowest BCUT2D eigenvalue weighted by Gasteiger charge is -2.11. The lowest BCUT2D eigenvalue weighted by Crippen LogP contribution is -2.30. The predicted octanol–water partition coefficient (Wildman–Crippen LogP) is 7.39. The quantitative estimate of drug-likeness (QED) is 0.273. The second-order valence-electron chi connectivity index (χ2n) is 8.41. The predicted molar refractivity (Wildman–Crippen MR) is 129 cm³/mol. The average Bonchev–Trinajstić information content (AvgIpc) is 3.19. The summed E-state index contributed by atoms with van der Waals surface area (Å²) in [5.74, 6) is -2.31. The zero-order valence-corrected chi connectivity index (χ0v) is 18.4. The van der Waals surface area contributed by atoms with Crippen molar-refractivity contribution in [1.82, 2.24) is 0 Å². The molecule has 3 heteroatoms. The summed E-state index contributed by atoms with van der Waals surface area (Å²) < 4.78 is 54.2. The van der Waals surface area contributed by atoms with Gasteiger partial charge in [0.05, 0.1) is 5.56 Å². The molecule has 0 spiro atoms. The molecule has 2 aromatic heterocycles. The van der Waals surface area contributed by atoms with Crippen LogP contribution >= 0.6 is 0 Å². The lowest BCUT2D eigenvalue weighted by atomic mass is 9.95. The third-order valence-corrected chi connectivity index (χ3v) is 6.00. The number of nitrogens with zero attached hydrogens (tertiary/aromatic N) is 1. The maximum atomic E-state index is 14.7. The number of benzene rings is 3. The van der Waals surface area contributed by atoms with Gasteiger partial charge in [-0.25, -0.2) is 8.96 Å². The van der Waals surface area contributed by atoms with Crippen LogP contribution in [-0.2, 0) is 13.5 Å². The van der Waals surface area contributed by atoms with E-state index >= 15 is 0 Å². The Morgan fingerprint density at radius 3 is 2.69 bits per heavy atom. The van der Waals surface area contributed by atoms with E-state index in [1.54, 1.807) is 12.1 Å². The maximum absolute atomic E-state index is 14.7. The zero-order valence-electron chi connectivity index (χ0n) is 22.4. The van der Waals surface area contributed by atoms with Gasteiger partial charge in [0.1, 0.15) is 24.0 Å². The van der Waals surface area contributed by atoms with Gasteiger partial charge in [0.25, 0.3) is 0 Å². The van der Waals surface area contributed by atoms with E-state index in [9.17, 15) is 4.39 Å². The SMILES string of the molecule is [2H]C([2H])([2H])C([2H])(C)Cc1cc(-c2cc[n+](C)c(-c3c(C)ccc4c3oc3ccccc34)c2)ccc1F. The van der Waals surface area contributed by atoms with Crippen molar-refractivity contribution in [2.24, 2.45) is 12.9 Å². The minimum atomic E-state index is -2.52. The molecule has 3 aromatic carbocycles. The first-order valence-corrected chi connectivity index (χ1v) is 10.7. The second kappa shape index (κ2) is 7.90. The summed E-state index contributed by atoms with van der Waals surface area (Å²) in [5.41, 5.74) is 6.45. The first kappa shape index (κ1) is 16.2. The number of rotatable bonds is 4. The van der Waals surface area contributed by atoms with Gasteiger partial charge in [-0.3, -0.25) is 0 Å². The molecule has 0 amide bonds. The van der Waals surface area contributed by atoms with Crippen LogP contribution in [0.25, 0.3) is 44.3 Å². The van der Waals surface area contributed by atoms with Crippen molar-refractivity contribution in [2.75, 3.05) is 0 Å². The fraction of sp³-hybridized carbons (Fsp3) is 0.207. The topological polar surface area (TPSA) is 17.0 Å². The Hall–Kier alpha value is -3.46. The van der Waals surface area contributed by atoms with Gasteiger partial charge in [-0.05, 0) is 59.7 Å². The molecule has 160 valence electrons. The summed E-state index contributed by atoms with van der Waals surface area (Å²) in [7, 11) is 1.97. The maximum Gasteiger partial charge on any atom is 0.216 e. The molecule has 0 aliphatic heterocycles. The van der Waals surface area contributed by atoms with Crippen LogP contribution in [0.4, 0.5) is 4.39 Å². The Balaban J connectivity index is 1.64. The van der Waals surface area contributed by atoms with Crippen molar-refractivity contribution in [3.63, 3.8) is 0 Å². The Morgan fingerprint density at radius 1 is 1.03 bits per heavy atom. The summed E-state index contributed by atoms with van der Waals surface area (Å²) >= 11 is 0. The molecule has 1 atom stereocenters. The molecule has 32 heavy (non-hydrogen) atoms. The molecule has 0 bridgehead atoms. The molecule has 0 radical (unpaired) electrons. The lowest BCUT2D eigenvalue weighted by molar-refractivity contribution is -0.660. The van der Waals surface area contributed by atoms with E-state index in [1.165, 1.54) is 13.0 Å². The monoisotopic (exact) mass is 428 g/mol. The van der Waals surface area contributed by atoms with E-state index in [0.29, 0.717) is 0 Å². The number of aryl methyl sites for hydroxylation is 2. The van der Waals surface area contributed by atoms with Gasteiger partial charge in [0.15, 0.2) is 6.20 Å². The number of fused-ring (bicyclic) bond motifs is 3. The number of hydrogen-bond acceptors (Lipinski definition) is 1. The Morgan fingerprint density at radius 2 is 1.84 bits per heavy atom. The molecular formula is C29H27FNO+. The molecule has 2 nitrogen and oxygen atoms in total. The summed E-state index contributed by atoms with van der Waals surface area (Å²) in [5, 5.41) is 2.10. The van der Waals surface area contributed by atoms with Crippen LogP contribution < -0.4 is 4.57 Å². The summed E-state index contributed by atoms with van der Waals surface area (Å²) in [6, 6.07) is 20.8. The van der Waals surface area contributed by atoms with E-state index in [0.717, 1.165) is 49.9 Å². The highest BCUT2D eigenvalue weighted by atomic mass is 19.1. The van der Waals surface area contributed by atoms with Crippen molar-refractivity contribution >= 4 is 21.9 Å². The standard InChI is InChI=1S/C29H27FNO/c1-18(2)15-22-16-20(10-12-25(22)30)21-13-14-31(4)26(17-21)28-19(3)9-11-24-23-7-5-6-8-27(23)32-29(24)28/h5-14,16-18H,15H2,1-4H3/q+1/i1D3,18D. The minimum Gasteiger partial charge on any atom is -0.455 e. The normalized spacial score (nSPS) is 15.8. The van der Waals surface area contributed by atoms with Crippen molar-refractivity contribution in [3.05, 3.63) is 89.9 Å². The Bertz CT molecular complexity index is 1620. The van der Waals surface area contributed by atoms with Gasteiger partial charge in [-0.15, -0.1) is 0 Å². The molecule has 0 fully saturated rings. The van der Waals surface area contributed by atoms with Gasteiger partial charge in [-0.1, -0.05) is 50.2 Å². The van der Waals surface area contributed by atoms with Crippen LogP contribution in [-0.4, -0.2) is 0 Å². The van der Waals surface area contributed by atoms with Crippen molar-refractivity contribution in [1.29, 1.82) is 0 Å². The number of para-hydroxylation sites is 1. The van der Waals surface area contributed by atoms with Gasteiger partial charge < -0.3 is 4.42 Å². The zero-order chi connectivity index (χ0) is 25.8. The van der Waals surface area contributed by atoms with E-state index < -0.39 is 18.6 Å². The summed E-state index contributed by atoms with van der Waals surface area (Å²) in [4.78, 5) is 0. The molecule has 1 unspecified atom stereocenters. The first-order valence-electron chi connectivity index (χ1n) is 12.7. The Kier molecular flexibility index (Phi) is 4.00.